The maximum Gasteiger partial charge on any atom is 0.118 e. The molecular formula is C19H23N2O2. The van der Waals surface area contributed by atoms with E-state index in [0.29, 0.717) is 0 Å². The Morgan fingerprint density at radius 2 is 1.22 bits per heavy atom. The van der Waals surface area contributed by atoms with E-state index in [-0.39, 0.29) is 6.04 Å². The Hall–Kier alpha value is -2.04. The van der Waals surface area contributed by atoms with Crippen molar-refractivity contribution in [2.24, 2.45) is 0 Å². The molecule has 2 aromatic rings. The Morgan fingerprint density at radius 3 is 1.61 bits per heavy atom. The molecule has 1 heterocycles. The van der Waals surface area contributed by atoms with E-state index in [2.05, 4.69) is 34.5 Å². The van der Waals surface area contributed by atoms with E-state index in [9.17, 15) is 0 Å². The summed E-state index contributed by atoms with van der Waals surface area (Å²) in [6.45, 7) is 3.79. The average Bonchev–Trinajstić information content (AvgIpc) is 2.64. The summed E-state index contributed by atoms with van der Waals surface area (Å²) in [5.41, 5.74) is 2.55. The molecule has 2 aromatic carbocycles. The molecule has 121 valence electrons. The smallest absolute Gasteiger partial charge is 0.118 e. The van der Waals surface area contributed by atoms with Crippen molar-refractivity contribution < 1.29 is 9.47 Å². The summed E-state index contributed by atoms with van der Waals surface area (Å²) in [4.78, 5) is 2.50. The molecule has 0 aromatic heterocycles. The van der Waals surface area contributed by atoms with E-state index < -0.39 is 0 Å². The zero-order chi connectivity index (χ0) is 16.1. The number of rotatable bonds is 5. The summed E-state index contributed by atoms with van der Waals surface area (Å²) in [5, 5.41) is 4.47. The minimum Gasteiger partial charge on any atom is -0.497 e. The highest BCUT2D eigenvalue weighted by Crippen LogP contribution is 2.31. The lowest BCUT2D eigenvalue weighted by atomic mass is 9.96. The molecule has 23 heavy (non-hydrogen) atoms. The minimum atomic E-state index is 0.238. The topological polar surface area (TPSA) is 35.8 Å². The maximum absolute atomic E-state index is 5.29. The van der Waals surface area contributed by atoms with E-state index in [0.717, 1.165) is 37.7 Å². The van der Waals surface area contributed by atoms with Gasteiger partial charge in [0, 0.05) is 26.2 Å². The Kier molecular flexibility index (Phi) is 5.16. The fourth-order valence-corrected chi connectivity index (χ4v) is 3.07. The number of hydrogen-bond donors (Lipinski definition) is 0. The Balaban J connectivity index is 1.93. The van der Waals surface area contributed by atoms with Crippen molar-refractivity contribution in [3.63, 3.8) is 0 Å². The van der Waals surface area contributed by atoms with Gasteiger partial charge in [-0.1, -0.05) is 24.3 Å². The number of nitrogens with zero attached hydrogens (tertiary/aromatic N) is 2. The van der Waals surface area contributed by atoms with Crippen molar-refractivity contribution in [3.05, 3.63) is 59.7 Å². The van der Waals surface area contributed by atoms with Gasteiger partial charge in [0.05, 0.1) is 20.3 Å². The van der Waals surface area contributed by atoms with Crippen molar-refractivity contribution in [2.45, 2.75) is 6.04 Å². The van der Waals surface area contributed by atoms with Crippen LogP contribution in [0.1, 0.15) is 17.2 Å². The third-order valence-electron chi connectivity index (χ3n) is 4.32. The third-order valence-corrected chi connectivity index (χ3v) is 4.32. The maximum atomic E-state index is 5.29. The molecule has 0 bridgehead atoms. The van der Waals surface area contributed by atoms with Crippen molar-refractivity contribution in [1.29, 1.82) is 0 Å². The van der Waals surface area contributed by atoms with Crippen LogP contribution < -0.4 is 14.8 Å². The molecule has 1 aliphatic rings. The van der Waals surface area contributed by atoms with Crippen LogP contribution in [-0.4, -0.2) is 45.3 Å². The lowest BCUT2D eigenvalue weighted by Crippen LogP contribution is -2.42. The van der Waals surface area contributed by atoms with Crippen LogP contribution in [-0.2, 0) is 0 Å². The predicted octanol–water partition coefficient (Wildman–Crippen LogP) is 2.71. The quantitative estimate of drug-likeness (QED) is 0.852. The largest absolute Gasteiger partial charge is 0.497 e. The minimum absolute atomic E-state index is 0.238. The first-order valence-corrected chi connectivity index (χ1v) is 7.97. The van der Waals surface area contributed by atoms with Gasteiger partial charge in [0.2, 0.25) is 0 Å². The van der Waals surface area contributed by atoms with Gasteiger partial charge < -0.3 is 9.47 Å². The van der Waals surface area contributed by atoms with Gasteiger partial charge in [-0.25, -0.2) is 5.32 Å². The lowest BCUT2D eigenvalue weighted by molar-refractivity contribution is 0.196. The van der Waals surface area contributed by atoms with Crippen LogP contribution in [0.2, 0.25) is 0 Å². The van der Waals surface area contributed by atoms with Crippen molar-refractivity contribution in [3.8, 4) is 11.5 Å². The van der Waals surface area contributed by atoms with Gasteiger partial charge in [-0.15, -0.1) is 0 Å². The summed E-state index contributed by atoms with van der Waals surface area (Å²) in [6, 6.07) is 17.0. The molecule has 0 spiro atoms. The number of methoxy groups -OCH3 is 2. The second-order valence-corrected chi connectivity index (χ2v) is 5.66. The van der Waals surface area contributed by atoms with Crippen LogP contribution in [0.15, 0.2) is 48.5 Å². The first kappa shape index (κ1) is 15.8. The van der Waals surface area contributed by atoms with Crippen LogP contribution in [0.3, 0.4) is 0 Å². The SMILES string of the molecule is COc1ccc(C(c2ccc(OC)cc2)N2CC[N]CC2)cc1. The van der Waals surface area contributed by atoms with Gasteiger partial charge >= 0.3 is 0 Å². The number of ether oxygens (including phenoxy) is 2. The molecule has 0 saturated carbocycles. The highest BCUT2D eigenvalue weighted by molar-refractivity contribution is 5.38. The van der Waals surface area contributed by atoms with Crippen molar-refractivity contribution >= 4 is 0 Å². The molecular weight excluding hydrogens is 288 g/mol. The standard InChI is InChI=1S/C19H23N2O2/c1-22-17-7-3-15(4-8-17)19(21-13-11-20-12-14-21)16-5-9-18(23-2)10-6-16/h3-10,19H,11-14H2,1-2H3. The van der Waals surface area contributed by atoms with E-state index in [1.54, 1.807) is 14.2 Å². The van der Waals surface area contributed by atoms with E-state index in [1.165, 1.54) is 11.1 Å². The van der Waals surface area contributed by atoms with Crippen LogP contribution >= 0.6 is 0 Å². The van der Waals surface area contributed by atoms with Gasteiger partial charge in [-0.05, 0) is 35.4 Å². The van der Waals surface area contributed by atoms with E-state index in [1.807, 2.05) is 24.3 Å². The van der Waals surface area contributed by atoms with Gasteiger partial charge in [-0.3, -0.25) is 4.90 Å². The molecule has 0 amide bonds. The Bertz CT molecular complexity index is 557. The lowest BCUT2D eigenvalue weighted by Gasteiger charge is -2.35. The molecule has 4 nitrogen and oxygen atoms in total. The zero-order valence-corrected chi connectivity index (χ0v) is 13.7. The summed E-state index contributed by atoms with van der Waals surface area (Å²) in [6.07, 6.45) is 0. The summed E-state index contributed by atoms with van der Waals surface area (Å²) >= 11 is 0. The van der Waals surface area contributed by atoms with E-state index in [4.69, 9.17) is 9.47 Å². The summed E-state index contributed by atoms with van der Waals surface area (Å²) in [5.74, 6) is 1.77. The number of piperazine rings is 1. The molecule has 0 unspecified atom stereocenters. The number of hydrogen-bond acceptors (Lipinski definition) is 3. The summed E-state index contributed by atoms with van der Waals surface area (Å²) in [7, 11) is 3.39. The Labute approximate surface area is 138 Å². The van der Waals surface area contributed by atoms with Gasteiger partial charge in [0.25, 0.3) is 0 Å². The fraction of sp³-hybridized carbons (Fsp3) is 0.368. The second-order valence-electron chi connectivity index (χ2n) is 5.66. The highest BCUT2D eigenvalue weighted by Gasteiger charge is 2.24. The van der Waals surface area contributed by atoms with Gasteiger partial charge in [-0.2, -0.15) is 0 Å². The first-order valence-electron chi connectivity index (χ1n) is 7.97. The molecule has 4 heteroatoms. The molecule has 3 rings (SSSR count). The van der Waals surface area contributed by atoms with Crippen molar-refractivity contribution in [2.75, 3.05) is 40.4 Å². The van der Waals surface area contributed by atoms with Crippen LogP contribution in [0.25, 0.3) is 0 Å². The fourth-order valence-electron chi connectivity index (χ4n) is 3.07. The molecule has 0 atom stereocenters. The predicted molar refractivity (Wildman–Crippen MR) is 91.3 cm³/mol. The van der Waals surface area contributed by atoms with Crippen molar-refractivity contribution in [1.82, 2.24) is 10.2 Å². The molecule has 0 aliphatic carbocycles. The van der Waals surface area contributed by atoms with Crippen LogP contribution in [0.5, 0.6) is 11.5 Å². The van der Waals surface area contributed by atoms with Crippen LogP contribution in [0.4, 0.5) is 0 Å². The third kappa shape index (κ3) is 3.66. The van der Waals surface area contributed by atoms with E-state index >= 15 is 0 Å². The normalized spacial score (nSPS) is 15.6. The molecule has 1 fully saturated rings. The molecule has 0 N–H and O–H groups in total. The summed E-state index contributed by atoms with van der Waals surface area (Å²) < 4.78 is 10.6. The highest BCUT2D eigenvalue weighted by atomic mass is 16.5. The van der Waals surface area contributed by atoms with Crippen LogP contribution in [0, 0.1) is 0 Å². The molecule has 1 saturated heterocycles. The first-order chi connectivity index (χ1) is 11.3. The Morgan fingerprint density at radius 1 is 0.783 bits per heavy atom. The molecule has 1 aliphatic heterocycles. The zero-order valence-electron chi connectivity index (χ0n) is 13.7. The monoisotopic (exact) mass is 311 g/mol. The van der Waals surface area contributed by atoms with Gasteiger partial charge in [0.1, 0.15) is 11.5 Å². The van der Waals surface area contributed by atoms with Gasteiger partial charge in [0.15, 0.2) is 0 Å². The second kappa shape index (κ2) is 7.49. The molecule has 1 radical (unpaired) electrons. The number of benzene rings is 2. The average molecular weight is 311 g/mol.